The van der Waals surface area contributed by atoms with Gasteiger partial charge in [0, 0.05) is 25.2 Å². The number of hydrogen-bond acceptors (Lipinski definition) is 4. The molecule has 0 saturated carbocycles. The molecule has 0 atom stereocenters. The summed E-state index contributed by atoms with van der Waals surface area (Å²) in [6.07, 6.45) is 0. The van der Waals surface area contributed by atoms with Crippen molar-refractivity contribution in [1.82, 2.24) is 19.5 Å². The third-order valence-corrected chi connectivity index (χ3v) is 4.17. The van der Waals surface area contributed by atoms with Crippen LogP contribution in [0.1, 0.15) is 12.5 Å². The number of pyridine rings is 1. The van der Waals surface area contributed by atoms with Crippen molar-refractivity contribution in [3.8, 4) is 11.3 Å². The van der Waals surface area contributed by atoms with Gasteiger partial charge in [0.15, 0.2) is 5.65 Å². The van der Waals surface area contributed by atoms with Crippen molar-refractivity contribution < 1.29 is 0 Å². The summed E-state index contributed by atoms with van der Waals surface area (Å²) in [7, 11) is 0. The molecule has 3 aromatic rings. The number of aromatic nitrogens is 3. The van der Waals surface area contributed by atoms with E-state index < -0.39 is 0 Å². The van der Waals surface area contributed by atoms with E-state index >= 15 is 0 Å². The van der Waals surface area contributed by atoms with Crippen LogP contribution in [0, 0.1) is 5.92 Å². The minimum absolute atomic E-state index is 0.302. The van der Waals surface area contributed by atoms with Crippen molar-refractivity contribution in [3.05, 3.63) is 48.0 Å². The van der Waals surface area contributed by atoms with E-state index in [1.807, 2.05) is 18.2 Å². The molecule has 1 aromatic carbocycles. The first kappa shape index (κ1) is 13.3. The number of fused-ring (bicyclic) bond motifs is 1. The molecule has 1 fully saturated rings. The van der Waals surface area contributed by atoms with E-state index in [1.165, 1.54) is 18.7 Å². The Balaban J connectivity index is 1.61. The Labute approximate surface area is 129 Å². The Bertz CT molecular complexity index is 800. The maximum Gasteiger partial charge on any atom is 0.240 e. The highest BCUT2D eigenvalue weighted by Crippen LogP contribution is 2.23. The van der Waals surface area contributed by atoms with Crippen molar-refractivity contribution in [1.29, 1.82) is 0 Å². The zero-order chi connectivity index (χ0) is 15.1. The molecule has 1 aliphatic rings. The highest BCUT2D eigenvalue weighted by atomic mass is 15.3. The van der Waals surface area contributed by atoms with Gasteiger partial charge in [-0.3, -0.25) is 4.90 Å². The molecule has 22 heavy (non-hydrogen) atoms. The summed E-state index contributed by atoms with van der Waals surface area (Å²) >= 11 is 0. The third kappa shape index (κ3) is 2.33. The Hall–Kier alpha value is -2.40. The van der Waals surface area contributed by atoms with E-state index in [0.29, 0.717) is 5.95 Å². The SMILES string of the molecule is CC1CN(Cc2ccc(-c3cccc4nc(N)nn34)cc2)C1. The molecule has 5 nitrogen and oxygen atoms in total. The molecule has 4 rings (SSSR count). The highest BCUT2D eigenvalue weighted by Gasteiger charge is 2.21. The molecule has 0 amide bonds. The lowest BCUT2D eigenvalue weighted by atomic mass is 10.0. The van der Waals surface area contributed by atoms with Gasteiger partial charge < -0.3 is 5.73 Å². The second kappa shape index (κ2) is 5.10. The molecular weight excluding hydrogens is 274 g/mol. The van der Waals surface area contributed by atoms with Crippen molar-refractivity contribution in [3.63, 3.8) is 0 Å². The fraction of sp³-hybridized carbons (Fsp3) is 0.294. The summed E-state index contributed by atoms with van der Waals surface area (Å²) in [5.74, 6) is 1.14. The van der Waals surface area contributed by atoms with Crippen LogP contribution < -0.4 is 5.73 Å². The normalized spacial score (nSPS) is 16.0. The Morgan fingerprint density at radius 2 is 1.91 bits per heavy atom. The lowest BCUT2D eigenvalue weighted by Gasteiger charge is -2.37. The van der Waals surface area contributed by atoms with Crippen LogP contribution in [0.2, 0.25) is 0 Å². The van der Waals surface area contributed by atoms with Gasteiger partial charge in [-0.2, -0.15) is 4.98 Å². The fourth-order valence-corrected chi connectivity index (χ4v) is 3.14. The summed E-state index contributed by atoms with van der Waals surface area (Å²) in [6.45, 7) is 5.74. The molecule has 3 heterocycles. The van der Waals surface area contributed by atoms with Crippen LogP contribution in [0.3, 0.4) is 0 Å². The molecule has 0 radical (unpaired) electrons. The fourth-order valence-electron chi connectivity index (χ4n) is 3.14. The molecule has 1 aliphatic heterocycles. The zero-order valence-corrected chi connectivity index (χ0v) is 12.6. The largest absolute Gasteiger partial charge is 0.366 e. The van der Waals surface area contributed by atoms with Gasteiger partial charge in [0.05, 0.1) is 5.69 Å². The average Bonchev–Trinajstić information content (AvgIpc) is 2.86. The van der Waals surface area contributed by atoms with Crippen LogP contribution in [0.25, 0.3) is 16.9 Å². The van der Waals surface area contributed by atoms with Gasteiger partial charge in [-0.25, -0.2) is 4.52 Å². The Morgan fingerprint density at radius 1 is 1.14 bits per heavy atom. The predicted octanol–water partition coefficient (Wildman–Crippen LogP) is 2.43. The molecule has 0 aliphatic carbocycles. The van der Waals surface area contributed by atoms with Crippen LogP contribution in [-0.2, 0) is 6.54 Å². The van der Waals surface area contributed by atoms with Gasteiger partial charge in [0.25, 0.3) is 0 Å². The van der Waals surface area contributed by atoms with Gasteiger partial charge >= 0.3 is 0 Å². The van der Waals surface area contributed by atoms with E-state index in [2.05, 4.69) is 46.2 Å². The van der Waals surface area contributed by atoms with E-state index in [1.54, 1.807) is 4.52 Å². The summed E-state index contributed by atoms with van der Waals surface area (Å²) in [5, 5.41) is 4.27. The van der Waals surface area contributed by atoms with Crippen molar-refractivity contribution in [2.24, 2.45) is 5.92 Å². The minimum Gasteiger partial charge on any atom is -0.366 e. The van der Waals surface area contributed by atoms with E-state index in [4.69, 9.17) is 5.73 Å². The number of benzene rings is 1. The number of nitrogens with zero attached hydrogens (tertiary/aromatic N) is 4. The van der Waals surface area contributed by atoms with E-state index in [0.717, 1.165) is 29.4 Å². The molecular formula is C17H19N5. The van der Waals surface area contributed by atoms with Crippen molar-refractivity contribution in [2.75, 3.05) is 18.8 Å². The van der Waals surface area contributed by atoms with Crippen molar-refractivity contribution in [2.45, 2.75) is 13.5 Å². The summed E-state index contributed by atoms with van der Waals surface area (Å²) in [4.78, 5) is 6.68. The highest BCUT2D eigenvalue weighted by molar-refractivity contribution is 5.63. The second-order valence-electron chi connectivity index (χ2n) is 6.15. The van der Waals surface area contributed by atoms with Crippen molar-refractivity contribution >= 4 is 11.6 Å². The van der Waals surface area contributed by atoms with E-state index in [-0.39, 0.29) is 0 Å². The number of nitrogens with two attached hydrogens (primary N) is 1. The monoisotopic (exact) mass is 293 g/mol. The van der Waals surface area contributed by atoms with E-state index in [9.17, 15) is 0 Å². The van der Waals surface area contributed by atoms with Gasteiger partial charge in [-0.05, 0) is 23.6 Å². The van der Waals surface area contributed by atoms with Crippen LogP contribution in [0.4, 0.5) is 5.95 Å². The predicted molar refractivity (Wildman–Crippen MR) is 87.3 cm³/mol. The second-order valence-corrected chi connectivity index (χ2v) is 6.15. The molecule has 0 spiro atoms. The summed E-state index contributed by atoms with van der Waals surface area (Å²) in [6, 6.07) is 14.6. The first-order valence-corrected chi connectivity index (χ1v) is 7.62. The van der Waals surface area contributed by atoms with Gasteiger partial charge in [0.1, 0.15) is 0 Å². The Morgan fingerprint density at radius 3 is 2.64 bits per heavy atom. The molecule has 2 aromatic heterocycles. The maximum absolute atomic E-state index is 5.70. The number of likely N-dealkylation sites (tertiary alicyclic amines) is 1. The Kier molecular flexibility index (Phi) is 3.08. The van der Waals surface area contributed by atoms with Gasteiger partial charge in [-0.1, -0.05) is 37.3 Å². The quantitative estimate of drug-likeness (QED) is 0.805. The summed E-state index contributed by atoms with van der Waals surface area (Å²) in [5.41, 5.74) is 9.95. The lowest BCUT2D eigenvalue weighted by molar-refractivity contribution is 0.105. The molecule has 0 bridgehead atoms. The molecule has 2 N–H and O–H groups in total. The number of nitrogen functional groups attached to an aromatic ring is 1. The number of anilines is 1. The molecule has 0 unspecified atom stereocenters. The average molecular weight is 293 g/mol. The molecule has 1 saturated heterocycles. The zero-order valence-electron chi connectivity index (χ0n) is 12.6. The summed E-state index contributed by atoms with van der Waals surface area (Å²) < 4.78 is 1.79. The first-order chi connectivity index (χ1) is 10.7. The van der Waals surface area contributed by atoms with Gasteiger partial charge in [0.2, 0.25) is 5.95 Å². The maximum atomic E-state index is 5.70. The van der Waals surface area contributed by atoms with Crippen LogP contribution >= 0.6 is 0 Å². The standard InChI is InChI=1S/C17H19N5/c1-12-9-21(10-12)11-13-5-7-14(8-6-13)15-3-2-4-16-19-17(18)20-22(15)16/h2-8,12H,9-11H2,1H3,(H2,18,20). The van der Waals surface area contributed by atoms with Crippen LogP contribution in [0.15, 0.2) is 42.5 Å². The third-order valence-electron chi connectivity index (χ3n) is 4.17. The molecule has 112 valence electrons. The topological polar surface area (TPSA) is 59.5 Å². The number of rotatable bonds is 3. The smallest absolute Gasteiger partial charge is 0.240 e. The van der Waals surface area contributed by atoms with Crippen LogP contribution in [0.5, 0.6) is 0 Å². The molecule has 5 heteroatoms. The van der Waals surface area contributed by atoms with Gasteiger partial charge in [-0.15, -0.1) is 5.10 Å². The minimum atomic E-state index is 0.302. The van der Waals surface area contributed by atoms with Crippen LogP contribution in [-0.4, -0.2) is 32.6 Å². The lowest BCUT2D eigenvalue weighted by Crippen LogP contribution is -2.44. The first-order valence-electron chi connectivity index (χ1n) is 7.62. The number of hydrogen-bond donors (Lipinski definition) is 1.